The smallest absolute Gasteiger partial charge is 0.255 e. The Kier molecular flexibility index (Phi) is 5.03. The van der Waals surface area contributed by atoms with Crippen molar-refractivity contribution in [2.75, 3.05) is 17.2 Å². The number of thiazole rings is 1. The van der Waals surface area contributed by atoms with Gasteiger partial charge in [0.2, 0.25) is 0 Å². The number of benzene rings is 2. The monoisotopic (exact) mass is 335 g/mol. The van der Waals surface area contributed by atoms with Crippen LogP contribution in [0, 0.1) is 0 Å². The molecule has 1 aromatic heterocycles. The third-order valence-corrected chi connectivity index (χ3v) is 4.18. The molecule has 5 heteroatoms. The Morgan fingerprint density at radius 1 is 1.12 bits per heavy atom. The molecule has 4 nitrogen and oxygen atoms in total. The number of amides is 1. The van der Waals surface area contributed by atoms with Crippen molar-refractivity contribution >= 4 is 28.1 Å². The second-order valence-corrected chi connectivity index (χ2v) is 5.96. The Balaban J connectivity index is 1.68. The number of carbonyl (C=O) groups is 1. The van der Waals surface area contributed by atoms with Crippen molar-refractivity contribution in [3.8, 4) is 11.3 Å². The lowest BCUT2D eigenvalue weighted by Gasteiger charge is -2.06. The summed E-state index contributed by atoms with van der Waals surface area (Å²) in [5.74, 6) is -0.118. The van der Waals surface area contributed by atoms with Crippen molar-refractivity contribution < 1.29 is 4.79 Å². The third kappa shape index (κ3) is 3.88. The van der Waals surface area contributed by atoms with Gasteiger partial charge >= 0.3 is 0 Å². The molecule has 3 aromatic rings. The van der Waals surface area contributed by atoms with E-state index in [1.807, 2.05) is 47.8 Å². The topological polar surface area (TPSA) is 54.0 Å². The van der Waals surface area contributed by atoms with Crippen molar-refractivity contribution in [2.24, 2.45) is 0 Å². The van der Waals surface area contributed by atoms with Gasteiger partial charge in [-0.2, -0.15) is 0 Å². The van der Waals surface area contributed by atoms with Crippen molar-refractivity contribution in [3.05, 3.63) is 78.2 Å². The molecular weight excluding hydrogens is 318 g/mol. The lowest BCUT2D eigenvalue weighted by Crippen LogP contribution is -2.11. The van der Waals surface area contributed by atoms with E-state index in [2.05, 4.69) is 22.2 Å². The van der Waals surface area contributed by atoms with E-state index in [4.69, 9.17) is 0 Å². The number of hydrogen-bond donors (Lipinski definition) is 2. The Bertz CT molecular complexity index is 825. The molecule has 0 aliphatic carbocycles. The summed E-state index contributed by atoms with van der Waals surface area (Å²) in [6, 6.07) is 16.8. The van der Waals surface area contributed by atoms with Crippen molar-refractivity contribution in [3.63, 3.8) is 0 Å². The van der Waals surface area contributed by atoms with E-state index < -0.39 is 0 Å². The van der Waals surface area contributed by atoms with Crippen LogP contribution in [-0.4, -0.2) is 17.4 Å². The van der Waals surface area contributed by atoms with Gasteiger partial charge in [0.1, 0.15) is 0 Å². The minimum absolute atomic E-state index is 0.118. The predicted molar refractivity (Wildman–Crippen MR) is 101 cm³/mol. The summed E-state index contributed by atoms with van der Waals surface area (Å²) in [6.45, 7) is 4.37. The normalized spacial score (nSPS) is 10.2. The zero-order valence-electron chi connectivity index (χ0n) is 13.0. The molecule has 2 aromatic carbocycles. The maximum atomic E-state index is 12.1. The molecule has 1 amide bonds. The van der Waals surface area contributed by atoms with Crippen molar-refractivity contribution in [1.82, 2.24) is 4.98 Å². The van der Waals surface area contributed by atoms with Crippen LogP contribution in [-0.2, 0) is 0 Å². The molecule has 0 aliphatic rings. The number of carbonyl (C=O) groups excluding carboxylic acids is 1. The average Bonchev–Trinajstić information content (AvgIpc) is 3.10. The van der Waals surface area contributed by atoms with Crippen LogP contribution < -0.4 is 10.6 Å². The van der Waals surface area contributed by atoms with Gasteiger partial charge in [-0.3, -0.25) is 4.79 Å². The molecule has 0 saturated carbocycles. The first kappa shape index (κ1) is 16.0. The van der Waals surface area contributed by atoms with E-state index in [0.717, 1.165) is 22.1 Å². The summed E-state index contributed by atoms with van der Waals surface area (Å²) in [6.07, 6.45) is 1.80. The molecule has 0 atom stereocenters. The first-order chi connectivity index (χ1) is 11.8. The Morgan fingerprint density at radius 2 is 1.88 bits per heavy atom. The molecule has 120 valence electrons. The summed E-state index contributed by atoms with van der Waals surface area (Å²) in [5, 5.41) is 8.93. The molecule has 0 aliphatic heterocycles. The van der Waals surface area contributed by atoms with Gasteiger partial charge in [-0.1, -0.05) is 36.4 Å². The van der Waals surface area contributed by atoms with Crippen LogP contribution in [0.5, 0.6) is 0 Å². The lowest BCUT2D eigenvalue weighted by atomic mass is 10.1. The zero-order valence-corrected chi connectivity index (χ0v) is 13.8. The highest BCUT2D eigenvalue weighted by Crippen LogP contribution is 2.26. The molecule has 3 rings (SSSR count). The Morgan fingerprint density at radius 3 is 2.58 bits per heavy atom. The van der Waals surface area contributed by atoms with Crippen LogP contribution in [0.4, 0.5) is 10.8 Å². The second kappa shape index (κ2) is 7.57. The SMILES string of the molecule is C=CCNc1nc(-c2ccc(NC(=O)c3ccccc3)cc2)cs1. The summed E-state index contributed by atoms with van der Waals surface area (Å²) < 4.78 is 0. The summed E-state index contributed by atoms with van der Waals surface area (Å²) >= 11 is 1.56. The van der Waals surface area contributed by atoms with Crippen LogP contribution in [0.15, 0.2) is 72.6 Å². The predicted octanol–water partition coefficient (Wildman–Crippen LogP) is 4.66. The molecule has 0 radical (unpaired) electrons. The number of aromatic nitrogens is 1. The zero-order chi connectivity index (χ0) is 16.8. The van der Waals surface area contributed by atoms with Gasteiger partial charge in [0.15, 0.2) is 5.13 Å². The van der Waals surface area contributed by atoms with Crippen LogP contribution in [0.1, 0.15) is 10.4 Å². The number of hydrogen-bond acceptors (Lipinski definition) is 4. The third-order valence-electron chi connectivity index (χ3n) is 3.38. The summed E-state index contributed by atoms with van der Waals surface area (Å²) in [7, 11) is 0. The van der Waals surface area contributed by atoms with Gasteiger partial charge < -0.3 is 10.6 Å². The Hall–Kier alpha value is -2.92. The molecule has 0 bridgehead atoms. The van der Waals surface area contributed by atoms with Gasteiger partial charge in [-0.05, 0) is 24.3 Å². The van der Waals surface area contributed by atoms with Gasteiger partial charge in [0.25, 0.3) is 5.91 Å². The van der Waals surface area contributed by atoms with Gasteiger partial charge in [0, 0.05) is 28.7 Å². The van der Waals surface area contributed by atoms with Crippen LogP contribution >= 0.6 is 11.3 Å². The first-order valence-corrected chi connectivity index (χ1v) is 8.41. The fraction of sp³-hybridized carbons (Fsp3) is 0.0526. The summed E-state index contributed by atoms with van der Waals surface area (Å²) in [4.78, 5) is 16.7. The highest BCUT2D eigenvalue weighted by molar-refractivity contribution is 7.14. The quantitative estimate of drug-likeness (QED) is 0.644. The van der Waals surface area contributed by atoms with E-state index in [0.29, 0.717) is 12.1 Å². The molecule has 0 fully saturated rings. The van der Waals surface area contributed by atoms with E-state index >= 15 is 0 Å². The van der Waals surface area contributed by atoms with Crippen LogP contribution in [0.2, 0.25) is 0 Å². The number of nitrogens with zero attached hydrogens (tertiary/aromatic N) is 1. The minimum Gasteiger partial charge on any atom is -0.358 e. The first-order valence-electron chi connectivity index (χ1n) is 7.53. The van der Waals surface area contributed by atoms with E-state index in [1.54, 1.807) is 29.5 Å². The largest absolute Gasteiger partial charge is 0.358 e. The average molecular weight is 335 g/mol. The van der Waals surface area contributed by atoms with E-state index in [9.17, 15) is 4.79 Å². The van der Waals surface area contributed by atoms with Crippen LogP contribution in [0.3, 0.4) is 0 Å². The maximum absolute atomic E-state index is 12.1. The van der Waals surface area contributed by atoms with E-state index in [-0.39, 0.29) is 5.91 Å². The minimum atomic E-state index is -0.118. The molecular formula is C19H17N3OS. The highest BCUT2D eigenvalue weighted by atomic mass is 32.1. The molecule has 24 heavy (non-hydrogen) atoms. The van der Waals surface area contributed by atoms with Gasteiger partial charge in [-0.15, -0.1) is 17.9 Å². The van der Waals surface area contributed by atoms with Gasteiger partial charge in [0.05, 0.1) is 5.69 Å². The standard InChI is InChI=1S/C19H17N3OS/c1-2-12-20-19-22-17(13-24-19)14-8-10-16(11-9-14)21-18(23)15-6-4-3-5-7-15/h2-11,13H,1,12H2,(H,20,22)(H,21,23). The molecule has 0 spiro atoms. The maximum Gasteiger partial charge on any atom is 0.255 e. The number of anilines is 2. The van der Waals surface area contributed by atoms with Crippen molar-refractivity contribution in [2.45, 2.75) is 0 Å². The van der Waals surface area contributed by atoms with Gasteiger partial charge in [-0.25, -0.2) is 4.98 Å². The number of rotatable bonds is 6. The lowest BCUT2D eigenvalue weighted by molar-refractivity contribution is 0.102. The van der Waals surface area contributed by atoms with Crippen molar-refractivity contribution in [1.29, 1.82) is 0 Å². The molecule has 0 saturated heterocycles. The Labute approximate surface area is 144 Å². The molecule has 0 unspecified atom stereocenters. The fourth-order valence-electron chi connectivity index (χ4n) is 2.16. The highest BCUT2D eigenvalue weighted by Gasteiger charge is 2.07. The molecule has 2 N–H and O–H groups in total. The van der Waals surface area contributed by atoms with Crippen LogP contribution in [0.25, 0.3) is 11.3 Å². The number of nitrogens with one attached hydrogen (secondary N) is 2. The van der Waals surface area contributed by atoms with E-state index in [1.165, 1.54) is 0 Å². The fourth-order valence-corrected chi connectivity index (χ4v) is 2.89. The molecule has 1 heterocycles. The summed E-state index contributed by atoms with van der Waals surface area (Å²) in [5.41, 5.74) is 3.31. The second-order valence-electron chi connectivity index (χ2n) is 5.10.